The van der Waals surface area contributed by atoms with E-state index in [1.165, 1.54) is 31.4 Å². The van der Waals surface area contributed by atoms with E-state index in [1.54, 1.807) is 12.1 Å². The molecule has 0 radical (unpaired) electrons. The molecule has 0 bridgehead atoms. The van der Waals surface area contributed by atoms with Crippen LogP contribution in [0.5, 0.6) is 23.0 Å². The second-order valence-corrected chi connectivity index (χ2v) is 13.8. The molecule has 0 saturated carbocycles. The lowest BCUT2D eigenvalue weighted by Crippen LogP contribution is -2.60. The van der Waals surface area contributed by atoms with E-state index >= 15 is 0 Å². The van der Waals surface area contributed by atoms with Gasteiger partial charge in [-0.3, -0.25) is 9.59 Å². The summed E-state index contributed by atoms with van der Waals surface area (Å²) >= 11 is 0. The fourth-order valence-electron chi connectivity index (χ4n) is 6.27. The molecule has 2 aliphatic heterocycles. The molecule has 0 aliphatic carbocycles. The lowest BCUT2D eigenvalue weighted by molar-refractivity contribution is -0.278. The van der Waals surface area contributed by atoms with Crippen LogP contribution in [0.3, 0.4) is 0 Å². The predicted octanol–water partition coefficient (Wildman–Crippen LogP) is 4.47. The number of aliphatic hydroxyl groups is 4. The summed E-state index contributed by atoms with van der Waals surface area (Å²) in [6.45, 7) is 6.15. The van der Waals surface area contributed by atoms with E-state index in [0.29, 0.717) is 17.0 Å². The average Bonchev–Trinajstić information content (AvgIpc) is 3.06. The van der Waals surface area contributed by atoms with Crippen LogP contribution in [0.4, 0.5) is 0 Å². The molecule has 12 heteroatoms. The van der Waals surface area contributed by atoms with Crippen LogP contribution in [-0.2, 0) is 14.3 Å². The number of phenols is 1. The van der Waals surface area contributed by atoms with Gasteiger partial charge in [-0.1, -0.05) is 52.5 Å². The van der Waals surface area contributed by atoms with Gasteiger partial charge < -0.3 is 49.2 Å². The number of carbonyl (C=O) groups excluding carboxylic acids is 2. The fourth-order valence-corrected chi connectivity index (χ4v) is 6.27. The number of aliphatic hydroxyl groups excluding tert-OH is 4. The van der Waals surface area contributed by atoms with E-state index in [2.05, 4.69) is 13.8 Å². The van der Waals surface area contributed by atoms with Crippen LogP contribution in [0.15, 0.2) is 36.4 Å². The summed E-state index contributed by atoms with van der Waals surface area (Å²) in [5, 5.41) is 51.6. The van der Waals surface area contributed by atoms with Gasteiger partial charge in [0, 0.05) is 19.1 Å². The van der Waals surface area contributed by atoms with Crippen LogP contribution >= 0.6 is 0 Å². The van der Waals surface area contributed by atoms with Crippen LogP contribution in [0.1, 0.15) is 94.2 Å². The van der Waals surface area contributed by atoms with Gasteiger partial charge in [-0.15, -0.1) is 0 Å². The molecule has 0 aromatic heterocycles. The molecule has 8 atom stereocenters. The van der Waals surface area contributed by atoms with Crippen LogP contribution in [-0.4, -0.2) is 88.3 Å². The zero-order valence-corrected chi connectivity index (χ0v) is 28.8. The van der Waals surface area contributed by atoms with Crippen molar-refractivity contribution in [1.82, 2.24) is 0 Å². The normalized spacial score (nSPS) is 24.9. The molecule has 2 aromatic carbocycles. The molecule has 2 aliphatic rings. The number of esters is 1. The monoisotopic (exact) mass is 688 g/mol. The Morgan fingerprint density at radius 2 is 1.69 bits per heavy atom. The summed E-state index contributed by atoms with van der Waals surface area (Å²) in [5.74, 6) is 0.883. The molecule has 0 spiro atoms. The van der Waals surface area contributed by atoms with Gasteiger partial charge in [0.1, 0.15) is 48.6 Å². The van der Waals surface area contributed by atoms with Gasteiger partial charge in [0.2, 0.25) is 6.29 Å². The zero-order chi connectivity index (χ0) is 35.7. The highest BCUT2D eigenvalue weighted by molar-refractivity contribution is 6.00. The number of Topliss-reactive ketones (excluding diaryl/α,β-unsaturated/α-hetero) is 1. The topological polar surface area (TPSA) is 181 Å². The number of hydrogen-bond acceptors (Lipinski definition) is 12. The molecule has 2 aromatic rings. The Bertz CT molecular complexity index is 1380. The van der Waals surface area contributed by atoms with Crippen molar-refractivity contribution in [2.24, 2.45) is 17.8 Å². The molecule has 4 rings (SSSR count). The second-order valence-electron chi connectivity index (χ2n) is 13.8. The number of rotatable bonds is 17. The van der Waals surface area contributed by atoms with Crippen LogP contribution < -0.4 is 14.2 Å². The number of fused-ring (bicyclic) bond motifs is 1. The van der Waals surface area contributed by atoms with Gasteiger partial charge in [0.15, 0.2) is 17.3 Å². The average molecular weight is 689 g/mol. The van der Waals surface area contributed by atoms with Gasteiger partial charge in [-0.05, 0) is 60.4 Å². The predicted molar refractivity (Wildman–Crippen MR) is 179 cm³/mol. The first kappa shape index (κ1) is 38.4. The summed E-state index contributed by atoms with van der Waals surface area (Å²) in [6, 6.07) is 9.22. The lowest BCUT2D eigenvalue weighted by Gasteiger charge is -2.40. The quantitative estimate of drug-likeness (QED) is 0.147. The minimum atomic E-state index is -1.65. The van der Waals surface area contributed by atoms with Crippen molar-refractivity contribution in [3.05, 3.63) is 47.5 Å². The number of aromatic hydroxyl groups is 1. The molecule has 8 unspecified atom stereocenters. The van der Waals surface area contributed by atoms with Crippen LogP contribution in [0.25, 0.3) is 0 Å². The molecule has 272 valence electrons. The minimum Gasteiger partial charge on any atom is -0.504 e. The summed E-state index contributed by atoms with van der Waals surface area (Å²) in [7, 11) is 1.43. The Balaban J connectivity index is 1.29. The van der Waals surface area contributed by atoms with Gasteiger partial charge in [0.25, 0.3) is 0 Å². The summed E-state index contributed by atoms with van der Waals surface area (Å²) in [6.07, 6.45) is -2.08. The second kappa shape index (κ2) is 18.0. The molecule has 5 N–H and O–H groups in total. The minimum absolute atomic E-state index is 0.0510. The largest absolute Gasteiger partial charge is 0.504 e. The Labute approximate surface area is 287 Å². The lowest BCUT2D eigenvalue weighted by atomic mass is 9.92. The molecule has 12 nitrogen and oxygen atoms in total. The standard InChI is InChI=1S/C37H52O12/c1-21(2)7-5-9-23(19-38)10-6-8-22(3)15-33(41)46-20-32-34(42)35(43)36(44)37(49-32)47-25-12-13-26-27(39)18-30(48-31(26)17-25)24-11-14-29(45-4)28(40)16-24/h11-14,16-17,21-23,30,32,34-38,40,42-44H,5-10,15,18-20H2,1-4H3. The fraction of sp³-hybridized carbons (Fsp3) is 0.622. The molecule has 0 amide bonds. The Hall–Kier alpha value is -3.42. The summed E-state index contributed by atoms with van der Waals surface area (Å²) in [4.78, 5) is 25.5. The van der Waals surface area contributed by atoms with Gasteiger partial charge in [0.05, 0.1) is 19.1 Å². The van der Waals surface area contributed by atoms with Crippen molar-refractivity contribution in [3.63, 3.8) is 0 Å². The number of methoxy groups -OCH3 is 1. The maximum Gasteiger partial charge on any atom is 0.306 e. The van der Waals surface area contributed by atoms with Gasteiger partial charge >= 0.3 is 5.97 Å². The van der Waals surface area contributed by atoms with Gasteiger partial charge in [-0.25, -0.2) is 0 Å². The van der Waals surface area contributed by atoms with Gasteiger partial charge in [-0.2, -0.15) is 0 Å². The number of carbonyl (C=O) groups is 2. The third-order valence-electron chi connectivity index (χ3n) is 9.27. The van der Waals surface area contributed by atoms with Crippen LogP contribution in [0.2, 0.25) is 0 Å². The highest BCUT2D eigenvalue weighted by Gasteiger charge is 2.45. The van der Waals surface area contributed by atoms with E-state index < -0.39 is 42.8 Å². The van der Waals surface area contributed by atoms with Crippen molar-refractivity contribution in [3.8, 4) is 23.0 Å². The zero-order valence-electron chi connectivity index (χ0n) is 28.8. The summed E-state index contributed by atoms with van der Waals surface area (Å²) in [5.41, 5.74) is 0.900. The SMILES string of the molecule is COc1ccc(C2CC(=O)c3ccc(OC4OC(COC(=O)CC(C)CCCC(CO)CCCC(C)C)C(O)C(O)C4O)cc3O2)cc1O. The maximum absolute atomic E-state index is 12.9. The van der Waals surface area contributed by atoms with Crippen molar-refractivity contribution in [2.75, 3.05) is 20.3 Å². The molecule has 49 heavy (non-hydrogen) atoms. The van der Waals surface area contributed by atoms with E-state index in [1.807, 2.05) is 6.92 Å². The number of phenolic OH excluding ortho intramolecular Hbond substituents is 1. The number of benzene rings is 2. The Morgan fingerprint density at radius 1 is 0.959 bits per heavy atom. The maximum atomic E-state index is 12.9. The van der Waals surface area contributed by atoms with Crippen molar-refractivity contribution >= 4 is 11.8 Å². The van der Waals surface area contributed by atoms with E-state index in [4.69, 9.17) is 23.7 Å². The third kappa shape index (κ3) is 10.5. The number of ketones is 1. The molecule has 1 saturated heterocycles. The molecular weight excluding hydrogens is 636 g/mol. The number of ether oxygens (including phenoxy) is 5. The summed E-state index contributed by atoms with van der Waals surface area (Å²) < 4.78 is 28.2. The van der Waals surface area contributed by atoms with Crippen molar-refractivity contribution in [2.45, 2.75) is 109 Å². The molecule has 2 heterocycles. The smallest absolute Gasteiger partial charge is 0.306 e. The molecule has 1 fully saturated rings. The number of hydrogen-bond donors (Lipinski definition) is 5. The molecular formula is C37H52O12. The van der Waals surface area contributed by atoms with Crippen molar-refractivity contribution in [1.29, 1.82) is 0 Å². The Morgan fingerprint density at radius 3 is 2.37 bits per heavy atom. The van der Waals surface area contributed by atoms with E-state index in [9.17, 15) is 35.1 Å². The highest BCUT2D eigenvalue weighted by Crippen LogP contribution is 2.39. The third-order valence-corrected chi connectivity index (χ3v) is 9.27. The first-order chi connectivity index (χ1) is 23.4. The Kier molecular flexibility index (Phi) is 14.1. The van der Waals surface area contributed by atoms with Crippen molar-refractivity contribution < 1.29 is 58.8 Å². The van der Waals surface area contributed by atoms with Crippen LogP contribution in [0, 0.1) is 17.8 Å². The first-order valence-electron chi connectivity index (χ1n) is 17.2. The first-order valence-corrected chi connectivity index (χ1v) is 17.2. The van der Waals surface area contributed by atoms with E-state index in [-0.39, 0.29) is 66.7 Å². The van der Waals surface area contributed by atoms with E-state index in [0.717, 1.165) is 38.5 Å². The highest BCUT2D eigenvalue weighted by atomic mass is 16.7.